The second-order valence-corrected chi connectivity index (χ2v) is 5.98. The molecule has 0 spiro atoms. The lowest BCUT2D eigenvalue weighted by atomic mass is 9.82. The van der Waals surface area contributed by atoms with Gasteiger partial charge in [-0.25, -0.2) is 0 Å². The van der Waals surface area contributed by atoms with Gasteiger partial charge in [0, 0.05) is 0 Å². The van der Waals surface area contributed by atoms with Gasteiger partial charge in [0.1, 0.15) is 5.75 Å². The topological polar surface area (TPSA) is 55.5 Å². The van der Waals surface area contributed by atoms with Crippen LogP contribution in [0, 0.1) is 5.41 Å². The van der Waals surface area contributed by atoms with Gasteiger partial charge in [0.15, 0.2) is 0 Å². The second-order valence-electron chi connectivity index (χ2n) is 5.57. The first-order valence-electron chi connectivity index (χ1n) is 5.90. The molecule has 1 aromatic carbocycles. The molecule has 0 heterocycles. The normalized spacial score (nSPS) is 15.8. The average molecular weight is 312 g/mol. The summed E-state index contributed by atoms with van der Waals surface area (Å²) in [5, 5.41) is 9.86. The molecule has 0 bridgehead atoms. The Hall–Kier alpha value is -0.980. The van der Waals surface area contributed by atoms with E-state index in [9.17, 15) is 18.3 Å². The molecule has 20 heavy (non-hydrogen) atoms. The van der Waals surface area contributed by atoms with Crippen LogP contribution in [0.1, 0.15) is 32.4 Å². The maximum Gasteiger partial charge on any atom is 0.573 e. The Morgan fingerprint density at radius 3 is 2.20 bits per heavy atom. The Morgan fingerprint density at radius 1 is 1.25 bits per heavy atom. The summed E-state index contributed by atoms with van der Waals surface area (Å²) in [6.45, 7) is 5.42. The SMILES string of the molecule is CC(C)(C)[C@@H](O)[C@@H](N)c1ccc(OC(F)(F)F)c(Cl)c1. The van der Waals surface area contributed by atoms with E-state index >= 15 is 0 Å². The minimum absolute atomic E-state index is 0.212. The molecule has 0 aliphatic rings. The van der Waals surface area contributed by atoms with E-state index in [2.05, 4.69) is 4.74 Å². The van der Waals surface area contributed by atoms with Gasteiger partial charge in [-0.05, 0) is 23.1 Å². The molecule has 1 rings (SSSR count). The predicted molar refractivity (Wildman–Crippen MR) is 70.5 cm³/mol. The molecule has 0 unspecified atom stereocenters. The summed E-state index contributed by atoms with van der Waals surface area (Å²) in [6, 6.07) is 2.95. The number of aliphatic hydroxyl groups is 1. The van der Waals surface area contributed by atoms with E-state index in [4.69, 9.17) is 17.3 Å². The first-order chi connectivity index (χ1) is 8.92. The molecule has 3 nitrogen and oxygen atoms in total. The number of rotatable bonds is 3. The fraction of sp³-hybridized carbons (Fsp3) is 0.538. The van der Waals surface area contributed by atoms with E-state index in [1.807, 2.05) is 0 Å². The van der Waals surface area contributed by atoms with Crippen molar-refractivity contribution in [3.05, 3.63) is 28.8 Å². The zero-order valence-electron chi connectivity index (χ0n) is 11.3. The van der Waals surface area contributed by atoms with Gasteiger partial charge < -0.3 is 15.6 Å². The lowest BCUT2D eigenvalue weighted by molar-refractivity contribution is -0.274. The van der Waals surface area contributed by atoms with Crippen molar-refractivity contribution < 1.29 is 23.0 Å². The molecule has 0 amide bonds. The number of ether oxygens (including phenoxy) is 1. The van der Waals surface area contributed by atoms with Crippen LogP contribution in [0.5, 0.6) is 5.75 Å². The molecule has 0 aromatic heterocycles. The summed E-state index contributed by atoms with van der Waals surface area (Å²) in [7, 11) is 0. The number of aliphatic hydroxyl groups excluding tert-OH is 1. The van der Waals surface area contributed by atoms with Crippen molar-refractivity contribution in [2.75, 3.05) is 0 Å². The Kier molecular flexibility index (Phi) is 4.94. The van der Waals surface area contributed by atoms with Crippen LogP contribution in [0.4, 0.5) is 13.2 Å². The van der Waals surface area contributed by atoms with Crippen LogP contribution in [-0.2, 0) is 0 Å². The maximum atomic E-state index is 12.1. The van der Waals surface area contributed by atoms with Crippen LogP contribution in [-0.4, -0.2) is 17.6 Å². The van der Waals surface area contributed by atoms with E-state index in [0.29, 0.717) is 5.56 Å². The molecule has 0 radical (unpaired) electrons. The Balaban J connectivity index is 2.98. The van der Waals surface area contributed by atoms with Crippen molar-refractivity contribution in [2.45, 2.75) is 39.3 Å². The summed E-state index contributed by atoms with van der Waals surface area (Å²) in [4.78, 5) is 0. The Morgan fingerprint density at radius 2 is 1.80 bits per heavy atom. The largest absolute Gasteiger partial charge is 0.573 e. The van der Waals surface area contributed by atoms with Crippen LogP contribution in [0.2, 0.25) is 5.02 Å². The summed E-state index contributed by atoms with van der Waals surface area (Å²) >= 11 is 5.74. The fourth-order valence-electron chi connectivity index (χ4n) is 1.65. The van der Waals surface area contributed by atoms with Crippen LogP contribution in [0.15, 0.2) is 18.2 Å². The molecule has 0 saturated carbocycles. The number of benzene rings is 1. The average Bonchev–Trinajstić information content (AvgIpc) is 2.27. The molecule has 2 atom stereocenters. The molecule has 1 aromatic rings. The maximum absolute atomic E-state index is 12.1. The van der Waals surface area contributed by atoms with Gasteiger partial charge in [-0.3, -0.25) is 0 Å². The summed E-state index contributed by atoms with van der Waals surface area (Å²) < 4.78 is 40.1. The molecule has 0 saturated heterocycles. The standard InChI is InChI=1S/C13H17ClF3NO2/c1-12(2,3)11(19)10(18)7-4-5-9(8(14)6-7)20-13(15,16)17/h4-6,10-11,19H,18H2,1-3H3/t10-,11-/m0/s1. The monoisotopic (exact) mass is 311 g/mol. The molecular formula is C13H17ClF3NO2. The minimum Gasteiger partial charge on any atom is -0.404 e. The molecule has 0 aliphatic heterocycles. The van der Waals surface area contributed by atoms with Crippen molar-refractivity contribution in [1.82, 2.24) is 0 Å². The Bertz CT molecular complexity index is 472. The minimum atomic E-state index is -4.81. The predicted octanol–water partition coefficient (Wildman–Crippen LogP) is 3.65. The summed E-state index contributed by atoms with van der Waals surface area (Å²) in [6.07, 6.45) is -5.67. The molecule has 0 aliphatic carbocycles. The highest BCUT2D eigenvalue weighted by Gasteiger charge is 2.33. The lowest BCUT2D eigenvalue weighted by Gasteiger charge is -2.31. The molecule has 3 N–H and O–H groups in total. The van der Waals surface area contributed by atoms with Crippen molar-refractivity contribution in [3.8, 4) is 5.75 Å². The van der Waals surface area contributed by atoms with Crippen molar-refractivity contribution in [3.63, 3.8) is 0 Å². The quantitative estimate of drug-likeness (QED) is 0.896. The van der Waals surface area contributed by atoms with E-state index < -0.39 is 29.7 Å². The number of hydrogen-bond acceptors (Lipinski definition) is 3. The second kappa shape index (κ2) is 5.79. The zero-order chi connectivity index (χ0) is 15.7. The number of halogens is 4. The van der Waals surface area contributed by atoms with E-state index in [1.165, 1.54) is 12.1 Å². The van der Waals surface area contributed by atoms with Gasteiger partial charge in [0.25, 0.3) is 0 Å². The highest BCUT2D eigenvalue weighted by molar-refractivity contribution is 6.32. The lowest BCUT2D eigenvalue weighted by Crippen LogP contribution is -2.36. The number of hydrogen-bond donors (Lipinski definition) is 2. The zero-order valence-corrected chi connectivity index (χ0v) is 12.1. The van der Waals surface area contributed by atoms with Crippen molar-refractivity contribution in [2.24, 2.45) is 11.1 Å². The van der Waals surface area contributed by atoms with Crippen LogP contribution < -0.4 is 10.5 Å². The van der Waals surface area contributed by atoms with Crippen molar-refractivity contribution >= 4 is 11.6 Å². The van der Waals surface area contributed by atoms with Gasteiger partial charge in [-0.1, -0.05) is 38.4 Å². The fourth-order valence-corrected chi connectivity index (χ4v) is 1.88. The first kappa shape index (κ1) is 17.1. The van der Waals surface area contributed by atoms with Gasteiger partial charge in [-0.2, -0.15) is 0 Å². The van der Waals surface area contributed by atoms with E-state index in [-0.39, 0.29) is 5.02 Å². The molecule has 0 fully saturated rings. The number of nitrogens with two attached hydrogens (primary N) is 1. The third kappa shape index (κ3) is 4.54. The van der Waals surface area contributed by atoms with E-state index in [0.717, 1.165) is 6.07 Å². The van der Waals surface area contributed by atoms with Gasteiger partial charge >= 0.3 is 6.36 Å². The molecule has 114 valence electrons. The van der Waals surface area contributed by atoms with Crippen LogP contribution in [0.3, 0.4) is 0 Å². The van der Waals surface area contributed by atoms with Gasteiger partial charge in [0.2, 0.25) is 0 Å². The number of alkyl halides is 3. The highest BCUT2D eigenvalue weighted by Crippen LogP contribution is 2.34. The molecule has 7 heteroatoms. The van der Waals surface area contributed by atoms with Crippen LogP contribution in [0.25, 0.3) is 0 Å². The van der Waals surface area contributed by atoms with Crippen molar-refractivity contribution in [1.29, 1.82) is 0 Å². The first-order valence-corrected chi connectivity index (χ1v) is 6.28. The third-order valence-corrected chi connectivity index (χ3v) is 3.09. The summed E-state index contributed by atoms with van der Waals surface area (Å²) in [5.41, 5.74) is 5.87. The van der Waals surface area contributed by atoms with Gasteiger partial charge in [0.05, 0.1) is 17.2 Å². The van der Waals surface area contributed by atoms with Crippen LogP contribution >= 0.6 is 11.6 Å². The molecular weight excluding hydrogens is 295 g/mol. The van der Waals surface area contributed by atoms with E-state index in [1.54, 1.807) is 20.8 Å². The Labute approximate surface area is 120 Å². The smallest absolute Gasteiger partial charge is 0.404 e. The third-order valence-electron chi connectivity index (χ3n) is 2.79. The van der Waals surface area contributed by atoms with Gasteiger partial charge in [-0.15, -0.1) is 13.2 Å². The summed E-state index contributed by atoms with van der Waals surface area (Å²) in [5.74, 6) is -0.500. The highest BCUT2D eigenvalue weighted by atomic mass is 35.5.